The van der Waals surface area contributed by atoms with Gasteiger partial charge in [0.15, 0.2) is 0 Å². The minimum absolute atomic E-state index is 0.411. The van der Waals surface area contributed by atoms with Crippen molar-refractivity contribution in [2.75, 3.05) is 19.8 Å². The number of hydrogen-bond donors (Lipinski definition) is 0. The first-order valence-electron chi connectivity index (χ1n) is 7.94. The van der Waals surface area contributed by atoms with E-state index < -0.39 is 0 Å². The zero-order valence-corrected chi connectivity index (χ0v) is 14.5. The second-order valence-electron chi connectivity index (χ2n) is 6.62. The van der Waals surface area contributed by atoms with E-state index in [0.29, 0.717) is 11.8 Å². The smallest absolute Gasteiger partial charge is 0.0949 e. The molecular weight excluding hydrogens is 294 g/mol. The Morgan fingerprint density at radius 1 is 1.45 bits per heavy atom. The lowest BCUT2D eigenvalue weighted by Gasteiger charge is -2.32. The van der Waals surface area contributed by atoms with Crippen molar-refractivity contribution < 1.29 is 4.74 Å². The Morgan fingerprint density at radius 2 is 2.32 bits per heavy atom. The predicted octanol–water partition coefficient (Wildman–Crippen LogP) is 3.25. The third kappa shape index (κ3) is 3.59. The topological polar surface area (TPSA) is 30.3 Å². The van der Waals surface area contributed by atoms with Crippen molar-refractivity contribution in [2.45, 2.75) is 32.9 Å². The second kappa shape index (κ2) is 6.94. The second-order valence-corrected chi connectivity index (χ2v) is 7.40. The Balaban J connectivity index is 1.70. The van der Waals surface area contributed by atoms with Crippen molar-refractivity contribution in [3.8, 4) is 0 Å². The van der Waals surface area contributed by atoms with Crippen LogP contribution in [0.2, 0.25) is 0 Å². The molecule has 0 saturated carbocycles. The molecule has 2 aromatic rings. The molecule has 0 fully saturated rings. The maximum absolute atomic E-state index is 5.93. The fourth-order valence-corrected chi connectivity index (χ4v) is 3.81. The zero-order chi connectivity index (χ0) is 15.5. The lowest BCUT2D eigenvalue weighted by Crippen LogP contribution is -2.36. The van der Waals surface area contributed by atoms with Gasteiger partial charge in [0.2, 0.25) is 0 Å². The molecule has 2 aromatic heterocycles. The van der Waals surface area contributed by atoms with Crippen LogP contribution in [0.4, 0.5) is 0 Å². The molecule has 3 heterocycles. The van der Waals surface area contributed by atoms with Gasteiger partial charge in [0.1, 0.15) is 0 Å². The number of hydrogen-bond acceptors (Lipinski definition) is 4. The highest BCUT2D eigenvalue weighted by molar-refractivity contribution is 7.07. The summed E-state index contributed by atoms with van der Waals surface area (Å²) in [5.74, 6) is 0.991. The van der Waals surface area contributed by atoms with Crippen LogP contribution in [0.15, 0.2) is 23.2 Å². The monoisotopic (exact) mass is 319 g/mol. The number of nitrogens with zero attached hydrogens (tertiary/aromatic N) is 3. The first kappa shape index (κ1) is 15.7. The molecule has 0 aromatic carbocycles. The van der Waals surface area contributed by atoms with Gasteiger partial charge in [-0.1, -0.05) is 13.8 Å². The summed E-state index contributed by atoms with van der Waals surface area (Å²) in [4.78, 5) is 7.08. The summed E-state index contributed by atoms with van der Waals surface area (Å²) in [6, 6.07) is 2.21. The fraction of sp³-hybridized carbons (Fsp3) is 0.588. The predicted molar refractivity (Wildman–Crippen MR) is 90.0 cm³/mol. The normalized spacial score (nSPS) is 18.8. The molecule has 3 rings (SSSR count). The first-order valence-corrected chi connectivity index (χ1v) is 8.89. The highest BCUT2D eigenvalue weighted by atomic mass is 32.1. The summed E-state index contributed by atoms with van der Waals surface area (Å²) >= 11 is 1.76. The van der Waals surface area contributed by atoms with Crippen LogP contribution in [0.25, 0.3) is 0 Å². The SMILES string of the molecule is CC(C)COC[C@H]1CN(Cc2ccsc2)Cc2ncn(C)c21. The van der Waals surface area contributed by atoms with Gasteiger partial charge >= 0.3 is 0 Å². The van der Waals surface area contributed by atoms with E-state index >= 15 is 0 Å². The molecule has 0 saturated heterocycles. The van der Waals surface area contributed by atoms with Gasteiger partial charge in [0.25, 0.3) is 0 Å². The quantitative estimate of drug-likeness (QED) is 0.819. The number of fused-ring (bicyclic) bond motifs is 1. The van der Waals surface area contributed by atoms with E-state index in [1.54, 1.807) is 11.3 Å². The summed E-state index contributed by atoms with van der Waals surface area (Å²) in [6.45, 7) is 8.98. The number of aryl methyl sites for hydroxylation is 1. The fourth-order valence-electron chi connectivity index (χ4n) is 3.15. The molecule has 0 N–H and O–H groups in total. The zero-order valence-electron chi connectivity index (χ0n) is 13.7. The minimum Gasteiger partial charge on any atom is -0.380 e. The van der Waals surface area contributed by atoms with Gasteiger partial charge in [-0.05, 0) is 28.3 Å². The number of aromatic nitrogens is 2. The van der Waals surface area contributed by atoms with Crippen LogP contribution in [-0.4, -0.2) is 34.2 Å². The molecule has 0 bridgehead atoms. The molecule has 1 aliphatic rings. The molecule has 0 spiro atoms. The lowest BCUT2D eigenvalue weighted by atomic mass is 9.98. The Morgan fingerprint density at radius 3 is 3.05 bits per heavy atom. The van der Waals surface area contributed by atoms with Gasteiger partial charge in [0.05, 0.1) is 18.6 Å². The lowest BCUT2D eigenvalue weighted by molar-refractivity contribution is 0.0769. The molecule has 0 unspecified atom stereocenters. The average molecular weight is 319 g/mol. The van der Waals surface area contributed by atoms with Crippen molar-refractivity contribution in [1.82, 2.24) is 14.5 Å². The van der Waals surface area contributed by atoms with E-state index in [1.807, 2.05) is 6.33 Å². The first-order chi connectivity index (χ1) is 10.6. The van der Waals surface area contributed by atoms with Gasteiger partial charge in [-0.3, -0.25) is 4.90 Å². The van der Waals surface area contributed by atoms with E-state index in [9.17, 15) is 0 Å². The van der Waals surface area contributed by atoms with Crippen LogP contribution in [0, 0.1) is 5.92 Å². The highest BCUT2D eigenvalue weighted by Crippen LogP contribution is 2.29. The standard InChI is InChI=1S/C17H25N3OS/c1-13(2)9-21-10-15-7-20(6-14-4-5-22-11-14)8-16-17(15)19(3)12-18-16/h4-5,11-13,15H,6-10H2,1-3H3/t15-/m1/s1. The number of thiophene rings is 1. The van der Waals surface area contributed by atoms with Crippen molar-refractivity contribution in [3.63, 3.8) is 0 Å². The Bertz CT molecular complexity index is 591. The summed E-state index contributed by atoms with van der Waals surface area (Å²) in [7, 11) is 2.09. The number of imidazole rings is 1. The number of ether oxygens (including phenoxy) is 1. The van der Waals surface area contributed by atoms with E-state index in [1.165, 1.54) is 17.0 Å². The summed E-state index contributed by atoms with van der Waals surface area (Å²) in [5.41, 5.74) is 3.96. The van der Waals surface area contributed by atoms with E-state index in [2.05, 4.69) is 52.2 Å². The van der Waals surface area contributed by atoms with Gasteiger partial charge in [-0.2, -0.15) is 11.3 Å². The summed E-state index contributed by atoms with van der Waals surface area (Å²) in [6.07, 6.45) is 1.94. The van der Waals surface area contributed by atoms with Crippen molar-refractivity contribution in [1.29, 1.82) is 0 Å². The molecule has 4 nitrogen and oxygen atoms in total. The van der Waals surface area contributed by atoms with Crippen LogP contribution < -0.4 is 0 Å². The van der Waals surface area contributed by atoms with E-state index in [4.69, 9.17) is 4.74 Å². The average Bonchev–Trinajstić information content (AvgIpc) is 3.09. The van der Waals surface area contributed by atoms with Crippen LogP contribution in [0.3, 0.4) is 0 Å². The molecule has 120 valence electrons. The molecular formula is C17H25N3OS. The molecule has 1 aliphatic heterocycles. The molecule has 0 radical (unpaired) electrons. The summed E-state index contributed by atoms with van der Waals surface area (Å²) in [5, 5.41) is 4.38. The van der Waals surface area contributed by atoms with E-state index in [-0.39, 0.29) is 0 Å². The van der Waals surface area contributed by atoms with E-state index in [0.717, 1.165) is 32.8 Å². The summed E-state index contributed by atoms with van der Waals surface area (Å²) < 4.78 is 8.10. The van der Waals surface area contributed by atoms with Gasteiger partial charge in [-0.25, -0.2) is 4.98 Å². The minimum atomic E-state index is 0.411. The molecule has 22 heavy (non-hydrogen) atoms. The molecule has 1 atom stereocenters. The largest absolute Gasteiger partial charge is 0.380 e. The van der Waals surface area contributed by atoms with Gasteiger partial charge in [-0.15, -0.1) is 0 Å². The van der Waals surface area contributed by atoms with Crippen LogP contribution in [0.5, 0.6) is 0 Å². The maximum Gasteiger partial charge on any atom is 0.0949 e. The maximum atomic E-state index is 5.93. The van der Waals surface area contributed by atoms with Crippen molar-refractivity contribution in [3.05, 3.63) is 40.1 Å². The van der Waals surface area contributed by atoms with Crippen LogP contribution >= 0.6 is 11.3 Å². The Hall–Kier alpha value is -1.17. The Labute approximate surface area is 136 Å². The van der Waals surface area contributed by atoms with Gasteiger partial charge < -0.3 is 9.30 Å². The van der Waals surface area contributed by atoms with Crippen LogP contribution in [0.1, 0.15) is 36.7 Å². The third-order valence-corrected chi connectivity index (χ3v) is 4.79. The molecule has 0 amide bonds. The third-order valence-electron chi connectivity index (χ3n) is 4.06. The Kier molecular flexibility index (Phi) is 4.96. The van der Waals surface area contributed by atoms with Crippen LogP contribution in [-0.2, 0) is 24.9 Å². The van der Waals surface area contributed by atoms with Crippen molar-refractivity contribution in [2.24, 2.45) is 13.0 Å². The van der Waals surface area contributed by atoms with Gasteiger partial charge in [0, 0.05) is 44.9 Å². The highest BCUT2D eigenvalue weighted by Gasteiger charge is 2.29. The molecule has 0 aliphatic carbocycles. The molecule has 5 heteroatoms. The number of rotatable bonds is 6. The van der Waals surface area contributed by atoms with Crippen molar-refractivity contribution >= 4 is 11.3 Å².